The molecule has 0 aliphatic rings. The van der Waals surface area contributed by atoms with Crippen LogP contribution in [0.4, 0.5) is 5.82 Å². The molecule has 0 saturated carbocycles. The molecule has 16 heavy (non-hydrogen) atoms. The summed E-state index contributed by atoms with van der Waals surface area (Å²) in [6.07, 6.45) is 0. The molecule has 0 radical (unpaired) electrons. The molecule has 90 valence electrons. The predicted molar refractivity (Wildman–Crippen MR) is 68.7 cm³/mol. The normalized spacial score (nSPS) is 11.6. The van der Waals surface area contributed by atoms with Gasteiger partial charge in [0, 0.05) is 13.7 Å². The molecule has 0 aromatic carbocycles. The van der Waals surface area contributed by atoms with Gasteiger partial charge in [-0.05, 0) is 43.6 Å². The van der Waals surface area contributed by atoms with Crippen molar-refractivity contribution in [2.45, 2.75) is 33.3 Å². The number of aryl methyl sites for hydroxylation is 1. The summed E-state index contributed by atoms with van der Waals surface area (Å²) in [5, 5.41) is 3.04. The van der Waals surface area contributed by atoms with Crippen LogP contribution in [0.5, 0.6) is 0 Å². The Morgan fingerprint density at radius 2 is 2.00 bits per heavy atom. The number of aromatic nitrogens is 2. The fraction of sp³-hybridized carbons (Fsp3) is 0.636. The number of anilines is 1. The largest absolute Gasteiger partial charge is 0.372 e. The fourth-order valence-corrected chi connectivity index (χ4v) is 1.80. The molecule has 0 spiro atoms. The van der Waals surface area contributed by atoms with Crippen LogP contribution in [-0.4, -0.2) is 23.6 Å². The second kappa shape index (κ2) is 5.10. The van der Waals surface area contributed by atoms with Crippen LogP contribution in [-0.2, 0) is 10.3 Å². The van der Waals surface area contributed by atoms with Crippen molar-refractivity contribution in [1.82, 2.24) is 9.97 Å². The summed E-state index contributed by atoms with van der Waals surface area (Å²) >= 11 is 3.45. The maximum absolute atomic E-state index is 5.64. The lowest BCUT2D eigenvalue weighted by Crippen LogP contribution is -2.25. The summed E-state index contributed by atoms with van der Waals surface area (Å²) in [5.41, 5.74) is 0.438. The van der Waals surface area contributed by atoms with Gasteiger partial charge >= 0.3 is 0 Å². The Labute approximate surface area is 105 Å². The molecule has 0 fully saturated rings. The van der Waals surface area contributed by atoms with Gasteiger partial charge in [0.05, 0.1) is 10.2 Å². The monoisotopic (exact) mass is 287 g/mol. The molecule has 4 nitrogen and oxygen atoms in total. The third-order valence-electron chi connectivity index (χ3n) is 2.30. The summed E-state index contributed by atoms with van der Waals surface area (Å²) in [6.45, 7) is 8.49. The molecule has 1 heterocycles. The van der Waals surface area contributed by atoms with Crippen LogP contribution in [0.1, 0.15) is 32.3 Å². The van der Waals surface area contributed by atoms with Crippen LogP contribution in [0, 0.1) is 6.92 Å². The second-order valence-corrected chi connectivity index (χ2v) is 4.78. The topological polar surface area (TPSA) is 47.0 Å². The van der Waals surface area contributed by atoms with Crippen molar-refractivity contribution in [2.75, 3.05) is 19.0 Å². The fourth-order valence-electron chi connectivity index (χ4n) is 1.42. The summed E-state index contributed by atoms with van der Waals surface area (Å²) in [5.74, 6) is 1.48. The van der Waals surface area contributed by atoms with Gasteiger partial charge in [0.25, 0.3) is 0 Å². The van der Waals surface area contributed by atoms with E-state index >= 15 is 0 Å². The molecule has 1 N–H and O–H groups in total. The average molecular weight is 288 g/mol. The highest BCUT2D eigenvalue weighted by Crippen LogP contribution is 2.28. The van der Waals surface area contributed by atoms with Crippen LogP contribution in [0.15, 0.2) is 4.47 Å². The molecule has 1 aromatic rings. The molecule has 0 saturated heterocycles. The zero-order valence-corrected chi connectivity index (χ0v) is 12.0. The first-order chi connectivity index (χ1) is 7.42. The first-order valence-electron chi connectivity index (χ1n) is 5.28. The molecule has 1 aromatic heterocycles. The Kier molecular flexibility index (Phi) is 4.27. The highest BCUT2D eigenvalue weighted by Gasteiger charge is 2.25. The highest BCUT2D eigenvalue weighted by atomic mass is 79.9. The van der Waals surface area contributed by atoms with Crippen molar-refractivity contribution < 1.29 is 4.74 Å². The van der Waals surface area contributed by atoms with Crippen LogP contribution in [0.3, 0.4) is 0 Å². The second-order valence-electron chi connectivity index (χ2n) is 3.99. The predicted octanol–water partition coefficient (Wildman–Crippen LogP) is 2.86. The van der Waals surface area contributed by atoms with Gasteiger partial charge in [-0.25, -0.2) is 9.97 Å². The molecule has 0 atom stereocenters. The van der Waals surface area contributed by atoms with E-state index in [1.165, 1.54) is 0 Å². The SMILES string of the molecule is CCOC(C)(C)c1nc(C)c(Br)c(NC)n1. The zero-order chi connectivity index (χ0) is 12.3. The van der Waals surface area contributed by atoms with E-state index in [9.17, 15) is 0 Å². The summed E-state index contributed by atoms with van der Waals surface area (Å²) < 4.78 is 6.54. The molecule has 0 unspecified atom stereocenters. The minimum absolute atomic E-state index is 0.466. The smallest absolute Gasteiger partial charge is 0.162 e. The molecule has 0 bridgehead atoms. The van der Waals surface area contributed by atoms with Crippen molar-refractivity contribution in [3.05, 3.63) is 16.0 Å². The van der Waals surface area contributed by atoms with Gasteiger partial charge in [-0.1, -0.05) is 0 Å². The van der Waals surface area contributed by atoms with Crippen molar-refractivity contribution >= 4 is 21.7 Å². The first kappa shape index (κ1) is 13.4. The number of hydrogen-bond donors (Lipinski definition) is 1. The Bertz CT molecular complexity index is 380. The van der Waals surface area contributed by atoms with E-state index in [0.29, 0.717) is 12.4 Å². The zero-order valence-electron chi connectivity index (χ0n) is 10.4. The van der Waals surface area contributed by atoms with Crippen LogP contribution in [0.2, 0.25) is 0 Å². The summed E-state index contributed by atoms with van der Waals surface area (Å²) in [6, 6.07) is 0. The molecule has 0 amide bonds. The van der Waals surface area contributed by atoms with Crippen LogP contribution >= 0.6 is 15.9 Å². The van der Waals surface area contributed by atoms with Crippen molar-refractivity contribution in [3.8, 4) is 0 Å². The molecule has 1 rings (SSSR count). The third-order valence-corrected chi connectivity index (χ3v) is 3.25. The Balaban J connectivity index is 3.20. The number of ether oxygens (including phenoxy) is 1. The lowest BCUT2D eigenvalue weighted by molar-refractivity contribution is -0.0208. The van der Waals surface area contributed by atoms with E-state index in [-0.39, 0.29) is 0 Å². The van der Waals surface area contributed by atoms with Crippen molar-refractivity contribution in [2.24, 2.45) is 0 Å². The van der Waals surface area contributed by atoms with Gasteiger partial charge in [0.2, 0.25) is 0 Å². The van der Waals surface area contributed by atoms with E-state index < -0.39 is 5.60 Å². The van der Waals surface area contributed by atoms with Gasteiger partial charge in [-0.15, -0.1) is 0 Å². The number of nitrogens with zero attached hydrogens (tertiary/aromatic N) is 2. The van der Waals surface area contributed by atoms with Gasteiger partial charge in [0.1, 0.15) is 11.4 Å². The lowest BCUT2D eigenvalue weighted by atomic mass is 10.1. The van der Waals surface area contributed by atoms with Gasteiger partial charge in [-0.3, -0.25) is 0 Å². The van der Waals surface area contributed by atoms with E-state index in [1.807, 2.05) is 34.7 Å². The summed E-state index contributed by atoms with van der Waals surface area (Å²) in [4.78, 5) is 8.90. The number of hydrogen-bond acceptors (Lipinski definition) is 4. The number of rotatable bonds is 4. The standard InChI is InChI=1S/C11H18BrN3O/c1-6-16-11(3,4)10-14-7(2)8(12)9(13-5)15-10/h6H2,1-5H3,(H,13,14,15). The minimum atomic E-state index is -0.466. The maximum atomic E-state index is 5.64. The lowest BCUT2D eigenvalue weighted by Gasteiger charge is -2.24. The number of nitrogens with one attached hydrogen (secondary N) is 1. The minimum Gasteiger partial charge on any atom is -0.372 e. The quantitative estimate of drug-likeness (QED) is 0.925. The van der Waals surface area contributed by atoms with E-state index in [1.54, 1.807) is 0 Å². The Morgan fingerprint density at radius 1 is 1.38 bits per heavy atom. The van der Waals surface area contributed by atoms with Gasteiger partial charge < -0.3 is 10.1 Å². The maximum Gasteiger partial charge on any atom is 0.162 e. The van der Waals surface area contributed by atoms with E-state index in [4.69, 9.17) is 4.74 Å². The van der Waals surface area contributed by atoms with E-state index in [2.05, 4.69) is 31.2 Å². The molecular weight excluding hydrogens is 270 g/mol. The third kappa shape index (κ3) is 2.71. The van der Waals surface area contributed by atoms with Crippen LogP contribution in [0.25, 0.3) is 0 Å². The molecule has 0 aliphatic heterocycles. The summed E-state index contributed by atoms with van der Waals surface area (Å²) in [7, 11) is 1.84. The number of halogens is 1. The molecular formula is C11H18BrN3O. The highest BCUT2D eigenvalue weighted by molar-refractivity contribution is 9.10. The first-order valence-corrected chi connectivity index (χ1v) is 6.08. The molecule has 5 heteroatoms. The van der Waals surface area contributed by atoms with E-state index in [0.717, 1.165) is 16.0 Å². The Morgan fingerprint density at radius 3 is 2.50 bits per heavy atom. The molecule has 0 aliphatic carbocycles. The van der Waals surface area contributed by atoms with Gasteiger partial charge in [0.15, 0.2) is 5.82 Å². The Hall–Kier alpha value is -0.680. The van der Waals surface area contributed by atoms with Crippen molar-refractivity contribution in [1.29, 1.82) is 0 Å². The van der Waals surface area contributed by atoms with Crippen LogP contribution < -0.4 is 5.32 Å². The average Bonchev–Trinajstić information content (AvgIpc) is 2.21. The van der Waals surface area contributed by atoms with Crippen molar-refractivity contribution in [3.63, 3.8) is 0 Å². The van der Waals surface area contributed by atoms with Gasteiger partial charge in [-0.2, -0.15) is 0 Å².